The highest BCUT2D eigenvalue weighted by Gasteiger charge is 2.50. The summed E-state index contributed by atoms with van der Waals surface area (Å²) in [6.07, 6.45) is 17.5. The van der Waals surface area contributed by atoms with Crippen LogP contribution in [0.2, 0.25) is 0 Å². The predicted octanol–water partition coefficient (Wildman–Crippen LogP) is 7.69. The van der Waals surface area contributed by atoms with E-state index in [1.807, 2.05) is 20.8 Å². The third kappa shape index (κ3) is 6.62. The van der Waals surface area contributed by atoms with Crippen molar-refractivity contribution in [1.29, 1.82) is 0 Å². The molecule has 3 aliphatic rings. The quantitative estimate of drug-likeness (QED) is 0.381. The number of ether oxygens (including phenoxy) is 1. The first kappa shape index (κ1) is 26.3. The SMILES string of the molecule is C=C1CC[C@H](OC(=O)CC)CC1=CC=C1CCC[C@@]2(C)[C@@H]1CC[C@@H]2[C@H](C)CCCC(C)(C)O. The summed E-state index contributed by atoms with van der Waals surface area (Å²) in [5, 5.41) is 10.1. The molecule has 0 aromatic rings. The van der Waals surface area contributed by atoms with E-state index in [0.717, 1.165) is 38.0 Å². The Morgan fingerprint density at radius 2 is 2.03 bits per heavy atom. The fraction of sp³-hybridized carbons (Fsp3) is 0.767. The van der Waals surface area contributed by atoms with Gasteiger partial charge in [-0.2, -0.15) is 0 Å². The Hall–Kier alpha value is -1.35. The average molecular weight is 457 g/mol. The minimum absolute atomic E-state index is 0.00447. The Morgan fingerprint density at radius 1 is 1.27 bits per heavy atom. The molecule has 33 heavy (non-hydrogen) atoms. The Kier molecular flexibility index (Phi) is 8.70. The van der Waals surface area contributed by atoms with Crippen LogP contribution in [0.25, 0.3) is 0 Å². The van der Waals surface area contributed by atoms with Crippen LogP contribution in [0.4, 0.5) is 0 Å². The summed E-state index contributed by atoms with van der Waals surface area (Å²) in [5.41, 5.74) is 3.96. The molecular formula is C30H48O3. The fourth-order valence-corrected chi connectivity index (χ4v) is 7.02. The fourth-order valence-electron chi connectivity index (χ4n) is 7.02. The van der Waals surface area contributed by atoms with E-state index in [1.165, 1.54) is 49.7 Å². The molecule has 0 unspecified atom stereocenters. The summed E-state index contributed by atoms with van der Waals surface area (Å²) >= 11 is 0. The van der Waals surface area contributed by atoms with Crippen LogP contribution in [-0.4, -0.2) is 22.8 Å². The van der Waals surface area contributed by atoms with Gasteiger partial charge in [-0.05, 0) is 94.0 Å². The number of aliphatic hydroxyl groups is 1. The Bertz CT molecular complexity index is 768. The average Bonchev–Trinajstić information content (AvgIpc) is 3.10. The lowest BCUT2D eigenvalue weighted by Crippen LogP contribution is -2.36. The molecule has 0 heterocycles. The molecule has 3 heteroatoms. The van der Waals surface area contributed by atoms with Gasteiger partial charge in [0.05, 0.1) is 5.60 Å². The summed E-state index contributed by atoms with van der Waals surface area (Å²) in [4.78, 5) is 11.7. The van der Waals surface area contributed by atoms with Gasteiger partial charge in [0.2, 0.25) is 0 Å². The second-order valence-corrected chi connectivity index (χ2v) is 12.0. The highest BCUT2D eigenvalue weighted by molar-refractivity contribution is 5.69. The second kappa shape index (κ2) is 10.9. The summed E-state index contributed by atoms with van der Waals surface area (Å²) in [7, 11) is 0. The van der Waals surface area contributed by atoms with Crippen molar-refractivity contribution < 1.29 is 14.6 Å². The van der Waals surface area contributed by atoms with E-state index in [0.29, 0.717) is 23.7 Å². The van der Waals surface area contributed by atoms with Crippen LogP contribution in [0.5, 0.6) is 0 Å². The van der Waals surface area contributed by atoms with E-state index in [9.17, 15) is 9.90 Å². The number of esters is 1. The van der Waals surface area contributed by atoms with Gasteiger partial charge in [0.25, 0.3) is 0 Å². The molecule has 3 saturated carbocycles. The zero-order chi connectivity index (χ0) is 24.2. The van der Waals surface area contributed by atoms with E-state index in [1.54, 1.807) is 5.57 Å². The lowest BCUT2D eigenvalue weighted by atomic mass is 9.60. The van der Waals surface area contributed by atoms with Crippen LogP contribution < -0.4 is 0 Å². The van der Waals surface area contributed by atoms with Crippen molar-refractivity contribution in [2.24, 2.45) is 23.2 Å². The smallest absolute Gasteiger partial charge is 0.305 e. The minimum Gasteiger partial charge on any atom is -0.462 e. The van der Waals surface area contributed by atoms with Crippen molar-refractivity contribution in [2.75, 3.05) is 0 Å². The van der Waals surface area contributed by atoms with Crippen LogP contribution in [0.3, 0.4) is 0 Å². The molecule has 3 rings (SSSR count). The van der Waals surface area contributed by atoms with Gasteiger partial charge >= 0.3 is 5.97 Å². The monoisotopic (exact) mass is 456 g/mol. The van der Waals surface area contributed by atoms with Crippen LogP contribution in [0.1, 0.15) is 112 Å². The predicted molar refractivity (Wildman–Crippen MR) is 137 cm³/mol. The largest absolute Gasteiger partial charge is 0.462 e. The topological polar surface area (TPSA) is 46.5 Å². The maximum Gasteiger partial charge on any atom is 0.305 e. The lowest BCUT2D eigenvalue weighted by molar-refractivity contribution is -0.149. The summed E-state index contributed by atoms with van der Waals surface area (Å²) in [5.74, 6) is 2.09. The third-order valence-corrected chi connectivity index (χ3v) is 8.93. The van der Waals surface area contributed by atoms with Crippen molar-refractivity contribution in [3.63, 3.8) is 0 Å². The van der Waals surface area contributed by atoms with E-state index in [-0.39, 0.29) is 12.1 Å². The van der Waals surface area contributed by atoms with Gasteiger partial charge in [-0.1, -0.05) is 63.5 Å². The van der Waals surface area contributed by atoms with Crippen molar-refractivity contribution >= 4 is 5.97 Å². The minimum atomic E-state index is -0.549. The lowest BCUT2D eigenvalue weighted by Gasteiger charge is -2.44. The highest BCUT2D eigenvalue weighted by atomic mass is 16.5. The number of carbonyl (C=O) groups is 1. The van der Waals surface area contributed by atoms with E-state index in [2.05, 4.69) is 32.6 Å². The number of allylic oxidation sites excluding steroid dienone is 4. The molecule has 0 bridgehead atoms. The standard InChI is InChI=1S/C30H48O3/c1-7-28(31)33-25-15-12-21(2)24(20-25)14-13-23-11-9-19-30(6)26(16-17-27(23)30)22(3)10-8-18-29(4,5)32/h13-14,22,25-27,32H,2,7-12,15-20H2,1,3-6H3/t22-,25+,26-,27-,30-/m1/s1. The molecule has 0 saturated heterocycles. The highest BCUT2D eigenvalue weighted by Crippen LogP contribution is 2.60. The van der Waals surface area contributed by atoms with Crippen LogP contribution >= 0.6 is 0 Å². The van der Waals surface area contributed by atoms with E-state index < -0.39 is 5.60 Å². The van der Waals surface area contributed by atoms with Crippen LogP contribution in [0, 0.1) is 23.2 Å². The number of hydrogen-bond acceptors (Lipinski definition) is 3. The number of rotatable bonds is 8. The Labute approximate surface area is 202 Å². The Balaban J connectivity index is 1.67. The van der Waals surface area contributed by atoms with Gasteiger partial charge in [0.15, 0.2) is 0 Å². The van der Waals surface area contributed by atoms with Crippen molar-refractivity contribution in [1.82, 2.24) is 0 Å². The molecule has 3 fully saturated rings. The molecule has 0 spiro atoms. The zero-order valence-corrected chi connectivity index (χ0v) is 21.9. The normalized spacial score (nSPS) is 33.9. The zero-order valence-electron chi connectivity index (χ0n) is 21.9. The molecule has 0 aromatic heterocycles. The van der Waals surface area contributed by atoms with Crippen molar-refractivity contribution in [3.05, 3.63) is 35.5 Å². The van der Waals surface area contributed by atoms with Crippen LogP contribution in [0.15, 0.2) is 35.5 Å². The van der Waals surface area contributed by atoms with Gasteiger partial charge in [-0.25, -0.2) is 0 Å². The molecule has 0 amide bonds. The van der Waals surface area contributed by atoms with Crippen molar-refractivity contribution in [3.8, 4) is 0 Å². The number of carbonyl (C=O) groups excluding carboxylic acids is 1. The molecule has 0 aromatic carbocycles. The maximum atomic E-state index is 11.7. The molecule has 1 N–H and O–H groups in total. The van der Waals surface area contributed by atoms with Gasteiger partial charge < -0.3 is 9.84 Å². The van der Waals surface area contributed by atoms with E-state index in [4.69, 9.17) is 4.74 Å². The summed E-state index contributed by atoms with van der Waals surface area (Å²) in [6.45, 7) is 15.0. The molecule has 0 aliphatic heterocycles. The van der Waals surface area contributed by atoms with Gasteiger partial charge in [-0.15, -0.1) is 0 Å². The second-order valence-electron chi connectivity index (χ2n) is 12.0. The molecule has 3 aliphatic carbocycles. The first-order valence-electron chi connectivity index (χ1n) is 13.5. The molecule has 186 valence electrons. The third-order valence-electron chi connectivity index (χ3n) is 8.93. The molecule has 0 radical (unpaired) electrons. The first-order valence-corrected chi connectivity index (χ1v) is 13.5. The van der Waals surface area contributed by atoms with E-state index >= 15 is 0 Å². The van der Waals surface area contributed by atoms with Gasteiger partial charge in [0.1, 0.15) is 6.10 Å². The van der Waals surface area contributed by atoms with Gasteiger partial charge in [-0.3, -0.25) is 4.79 Å². The molecule has 3 nitrogen and oxygen atoms in total. The van der Waals surface area contributed by atoms with Crippen LogP contribution in [-0.2, 0) is 9.53 Å². The number of hydrogen-bond donors (Lipinski definition) is 1. The Morgan fingerprint density at radius 3 is 2.73 bits per heavy atom. The first-order chi connectivity index (χ1) is 15.5. The molecule has 5 atom stereocenters. The van der Waals surface area contributed by atoms with Crippen molar-refractivity contribution in [2.45, 2.75) is 123 Å². The molecular weight excluding hydrogens is 408 g/mol. The summed E-state index contributed by atoms with van der Waals surface area (Å²) < 4.78 is 5.63. The number of fused-ring (bicyclic) bond motifs is 1. The summed E-state index contributed by atoms with van der Waals surface area (Å²) in [6, 6.07) is 0. The maximum absolute atomic E-state index is 11.7. The van der Waals surface area contributed by atoms with Gasteiger partial charge in [0, 0.05) is 12.8 Å².